The third kappa shape index (κ3) is 2.74. The molecule has 2 rings (SSSR count). The molecular formula is C13H8ClFN2. The summed E-state index contributed by atoms with van der Waals surface area (Å²) in [5, 5.41) is 12.1. The summed E-state index contributed by atoms with van der Waals surface area (Å²) in [4.78, 5) is 0. The van der Waals surface area contributed by atoms with Crippen molar-refractivity contribution in [1.82, 2.24) is 0 Å². The van der Waals surface area contributed by atoms with Crippen molar-refractivity contribution in [3.05, 3.63) is 58.9 Å². The molecule has 0 heterocycles. The molecule has 0 aromatic heterocycles. The topological polar surface area (TPSA) is 35.8 Å². The molecule has 84 valence electrons. The van der Waals surface area contributed by atoms with E-state index in [1.165, 1.54) is 12.1 Å². The van der Waals surface area contributed by atoms with Crippen LogP contribution in [0.1, 0.15) is 5.56 Å². The van der Waals surface area contributed by atoms with Gasteiger partial charge in [0.05, 0.1) is 10.6 Å². The summed E-state index contributed by atoms with van der Waals surface area (Å²) < 4.78 is 13.0. The fraction of sp³-hybridized carbons (Fsp3) is 0. The quantitative estimate of drug-likeness (QED) is 0.866. The lowest BCUT2D eigenvalue weighted by Gasteiger charge is -2.07. The van der Waals surface area contributed by atoms with Gasteiger partial charge in [-0.25, -0.2) is 4.39 Å². The van der Waals surface area contributed by atoms with Gasteiger partial charge >= 0.3 is 0 Å². The van der Waals surface area contributed by atoms with Gasteiger partial charge in [-0.2, -0.15) is 5.26 Å². The fourth-order valence-electron chi connectivity index (χ4n) is 1.42. The van der Waals surface area contributed by atoms with Gasteiger partial charge in [0.2, 0.25) is 0 Å². The molecule has 0 saturated heterocycles. The summed E-state index contributed by atoms with van der Waals surface area (Å²) in [7, 11) is 0. The van der Waals surface area contributed by atoms with Gasteiger partial charge in [0.15, 0.2) is 0 Å². The second kappa shape index (κ2) is 4.86. The minimum Gasteiger partial charge on any atom is -0.355 e. The van der Waals surface area contributed by atoms with Crippen LogP contribution in [0, 0.1) is 17.1 Å². The van der Waals surface area contributed by atoms with E-state index in [0.717, 1.165) is 0 Å². The lowest BCUT2D eigenvalue weighted by atomic mass is 10.2. The molecule has 0 saturated carbocycles. The van der Waals surface area contributed by atoms with E-state index in [-0.39, 0.29) is 5.82 Å². The molecule has 17 heavy (non-hydrogen) atoms. The second-order valence-electron chi connectivity index (χ2n) is 3.44. The fourth-order valence-corrected chi connectivity index (χ4v) is 1.64. The van der Waals surface area contributed by atoms with E-state index in [1.807, 2.05) is 6.07 Å². The molecule has 0 aliphatic carbocycles. The molecule has 0 fully saturated rings. The van der Waals surface area contributed by atoms with E-state index in [0.29, 0.717) is 22.0 Å². The van der Waals surface area contributed by atoms with Crippen molar-refractivity contribution in [2.45, 2.75) is 0 Å². The van der Waals surface area contributed by atoms with Gasteiger partial charge in [-0.15, -0.1) is 0 Å². The summed E-state index contributed by atoms with van der Waals surface area (Å²) >= 11 is 5.89. The largest absolute Gasteiger partial charge is 0.355 e. The molecule has 0 radical (unpaired) electrons. The Morgan fingerprint density at radius 1 is 1.12 bits per heavy atom. The van der Waals surface area contributed by atoms with Crippen LogP contribution >= 0.6 is 11.6 Å². The standard InChI is InChI=1S/C13H8ClFN2/c14-13-7-12(5-4-9(13)8-16)17-11-3-1-2-10(15)6-11/h1-7,17H. The molecule has 0 unspecified atom stereocenters. The Balaban J connectivity index is 2.25. The third-order valence-electron chi connectivity index (χ3n) is 2.20. The highest BCUT2D eigenvalue weighted by atomic mass is 35.5. The second-order valence-corrected chi connectivity index (χ2v) is 3.85. The van der Waals surface area contributed by atoms with Gasteiger partial charge in [0.25, 0.3) is 0 Å². The average molecular weight is 247 g/mol. The summed E-state index contributed by atoms with van der Waals surface area (Å²) in [5.74, 6) is -0.310. The smallest absolute Gasteiger partial charge is 0.125 e. The maximum absolute atomic E-state index is 13.0. The highest BCUT2D eigenvalue weighted by molar-refractivity contribution is 6.32. The summed E-state index contributed by atoms with van der Waals surface area (Å²) in [6.45, 7) is 0. The van der Waals surface area contributed by atoms with Crippen LogP contribution in [0.3, 0.4) is 0 Å². The lowest BCUT2D eigenvalue weighted by Crippen LogP contribution is -1.91. The maximum Gasteiger partial charge on any atom is 0.125 e. The first-order valence-electron chi connectivity index (χ1n) is 4.91. The van der Waals surface area contributed by atoms with Gasteiger partial charge in [0, 0.05) is 11.4 Å². The van der Waals surface area contributed by atoms with Crippen molar-refractivity contribution in [1.29, 1.82) is 5.26 Å². The van der Waals surface area contributed by atoms with Crippen molar-refractivity contribution in [3.8, 4) is 6.07 Å². The van der Waals surface area contributed by atoms with E-state index < -0.39 is 0 Å². The highest BCUT2D eigenvalue weighted by Gasteiger charge is 2.01. The van der Waals surface area contributed by atoms with Crippen LogP contribution in [0.15, 0.2) is 42.5 Å². The van der Waals surface area contributed by atoms with E-state index >= 15 is 0 Å². The predicted octanol–water partition coefficient (Wildman–Crippen LogP) is 4.09. The van der Waals surface area contributed by atoms with Crippen LogP contribution in [0.2, 0.25) is 5.02 Å². The number of nitrogens with zero attached hydrogens (tertiary/aromatic N) is 1. The van der Waals surface area contributed by atoms with Gasteiger partial charge in [0.1, 0.15) is 11.9 Å². The molecule has 4 heteroatoms. The van der Waals surface area contributed by atoms with Crippen LogP contribution in [0.4, 0.5) is 15.8 Å². The minimum absolute atomic E-state index is 0.310. The van der Waals surface area contributed by atoms with Crippen LogP contribution in [-0.4, -0.2) is 0 Å². The van der Waals surface area contributed by atoms with Crippen LogP contribution < -0.4 is 5.32 Å². The number of nitriles is 1. The SMILES string of the molecule is N#Cc1ccc(Nc2cccc(F)c2)cc1Cl. The minimum atomic E-state index is -0.310. The van der Waals surface area contributed by atoms with Gasteiger partial charge in [-0.3, -0.25) is 0 Å². The molecule has 0 spiro atoms. The molecule has 0 atom stereocenters. The van der Waals surface area contributed by atoms with Crippen LogP contribution in [0.5, 0.6) is 0 Å². The van der Waals surface area contributed by atoms with Crippen molar-refractivity contribution in [2.75, 3.05) is 5.32 Å². The summed E-state index contributed by atoms with van der Waals surface area (Å²) in [5.41, 5.74) is 1.75. The number of anilines is 2. The number of benzene rings is 2. The lowest BCUT2D eigenvalue weighted by molar-refractivity contribution is 0.628. The van der Waals surface area contributed by atoms with Crippen molar-refractivity contribution in [3.63, 3.8) is 0 Å². The predicted molar refractivity (Wildman–Crippen MR) is 65.8 cm³/mol. The molecule has 0 amide bonds. The molecule has 0 aliphatic rings. The first kappa shape index (κ1) is 11.4. The Morgan fingerprint density at radius 3 is 2.53 bits per heavy atom. The maximum atomic E-state index is 13.0. The van der Waals surface area contributed by atoms with Crippen molar-refractivity contribution in [2.24, 2.45) is 0 Å². The Bertz CT molecular complexity index is 590. The third-order valence-corrected chi connectivity index (χ3v) is 2.52. The summed E-state index contributed by atoms with van der Waals surface area (Å²) in [6, 6.07) is 13.1. The van der Waals surface area contributed by atoms with E-state index in [2.05, 4.69) is 5.32 Å². The number of halogens is 2. The summed E-state index contributed by atoms with van der Waals surface area (Å²) in [6.07, 6.45) is 0. The highest BCUT2D eigenvalue weighted by Crippen LogP contribution is 2.23. The van der Waals surface area contributed by atoms with E-state index in [9.17, 15) is 4.39 Å². The Hall–Kier alpha value is -2.05. The zero-order valence-electron chi connectivity index (χ0n) is 8.74. The van der Waals surface area contributed by atoms with Crippen molar-refractivity contribution >= 4 is 23.0 Å². The molecule has 2 nitrogen and oxygen atoms in total. The number of hydrogen-bond acceptors (Lipinski definition) is 2. The van der Waals surface area contributed by atoms with E-state index in [1.54, 1.807) is 30.3 Å². The zero-order chi connectivity index (χ0) is 12.3. The van der Waals surface area contributed by atoms with Crippen LogP contribution in [-0.2, 0) is 0 Å². The van der Waals surface area contributed by atoms with E-state index in [4.69, 9.17) is 16.9 Å². The molecule has 2 aromatic rings. The Morgan fingerprint density at radius 2 is 1.88 bits per heavy atom. The number of hydrogen-bond donors (Lipinski definition) is 1. The monoisotopic (exact) mass is 246 g/mol. The Kier molecular flexibility index (Phi) is 3.27. The Labute approximate surface area is 103 Å². The molecule has 0 aliphatic heterocycles. The average Bonchev–Trinajstić information content (AvgIpc) is 2.29. The number of nitrogens with one attached hydrogen (secondary N) is 1. The number of rotatable bonds is 2. The van der Waals surface area contributed by atoms with Gasteiger partial charge < -0.3 is 5.32 Å². The van der Waals surface area contributed by atoms with Gasteiger partial charge in [-0.05, 0) is 36.4 Å². The van der Waals surface area contributed by atoms with Crippen LogP contribution in [0.25, 0.3) is 0 Å². The first-order chi connectivity index (χ1) is 8.19. The molecule has 0 bridgehead atoms. The van der Waals surface area contributed by atoms with Crippen molar-refractivity contribution < 1.29 is 4.39 Å². The first-order valence-corrected chi connectivity index (χ1v) is 5.29. The normalized spacial score (nSPS) is 9.71. The van der Waals surface area contributed by atoms with Gasteiger partial charge in [-0.1, -0.05) is 17.7 Å². The molecule has 2 aromatic carbocycles. The molecule has 1 N–H and O–H groups in total. The zero-order valence-corrected chi connectivity index (χ0v) is 9.50. The molecular weight excluding hydrogens is 239 g/mol.